The molecule has 1 unspecified atom stereocenters. The maximum absolute atomic E-state index is 12.3. The van der Waals surface area contributed by atoms with E-state index in [9.17, 15) is 13.2 Å². The van der Waals surface area contributed by atoms with E-state index in [1.54, 1.807) is 6.08 Å². The second kappa shape index (κ2) is 4.84. The first-order valence-corrected chi connectivity index (χ1v) is 4.66. The second-order valence-corrected chi connectivity index (χ2v) is 3.33. The number of hydrogen-bond acceptors (Lipinski definition) is 1. The Morgan fingerprint density at radius 2 is 1.88 bits per heavy atom. The number of hydrogen-bond donors (Lipinski definition) is 0. The summed E-state index contributed by atoms with van der Waals surface area (Å²) in [6.45, 7) is 3.50. The van der Waals surface area contributed by atoms with Crippen LogP contribution in [0.2, 0.25) is 0 Å². The van der Waals surface area contributed by atoms with Gasteiger partial charge in [-0.15, -0.1) is 6.58 Å². The molecular formula is C12H10F3N. The Morgan fingerprint density at radius 1 is 1.31 bits per heavy atom. The van der Waals surface area contributed by atoms with Crippen molar-refractivity contribution in [1.82, 2.24) is 0 Å². The van der Waals surface area contributed by atoms with Gasteiger partial charge >= 0.3 is 6.18 Å². The van der Waals surface area contributed by atoms with E-state index in [0.717, 1.165) is 12.1 Å². The highest BCUT2D eigenvalue weighted by Gasteiger charge is 2.30. The lowest BCUT2D eigenvalue weighted by molar-refractivity contribution is -0.137. The molecule has 0 N–H and O–H groups in total. The Balaban J connectivity index is 2.94. The van der Waals surface area contributed by atoms with E-state index in [2.05, 4.69) is 6.58 Å². The first kappa shape index (κ1) is 12.3. The van der Waals surface area contributed by atoms with Gasteiger partial charge in [-0.25, -0.2) is 0 Å². The minimum absolute atomic E-state index is 0.431. The molecule has 0 aliphatic rings. The van der Waals surface area contributed by atoms with E-state index >= 15 is 0 Å². The molecule has 0 amide bonds. The van der Waals surface area contributed by atoms with E-state index in [-0.39, 0.29) is 0 Å². The summed E-state index contributed by atoms with van der Waals surface area (Å²) in [5.74, 6) is -0.431. The number of alkyl halides is 3. The van der Waals surface area contributed by atoms with Crippen molar-refractivity contribution in [2.75, 3.05) is 0 Å². The van der Waals surface area contributed by atoms with Crippen molar-refractivity contribution in [2.24, 2.45) is 0 Å². The molecule has 1 atom stereocenters. The predicted octanol–water partition coefficient (Wildman–Crippen LogP) is 3.89. The fourth-order valence-electron chi connectivity index (χ4n) is 1.33. The molecule has 16 heavy (non-hydrogen) atoms. The fourth-order valence-corrected chi connectivity index (χ4v) is 1.33. The van der Waals surface area contributed by atoms with E-state index in [4.69, 9.17) is 5.26 Å². The van der Waals surface area contributed by atoms with E-state index in [0.29, 0.717) is 12.0 Å². The van der Waals surface area contributed by atoms with Crippen molar-refractivity contribution in [3.63, 3.8) is 0 Å². The number of halogens is 3. The minimum atomic E-state index is -4.33. The number of benzene rings is 1. The third kappa shape index (κ3) is 2.86. The summed E-state index contributed by atoms with van der Waals surface area (Å²) in [5.41, 5.74) is -0.123. The number of nitrogens with zero attached hydrogens (tertiary/aromatic N) is 1. The van der Waals surface area contributed by atoms with Crippen LogP contribution in [-0.4, -0.2) is 0 Å². The van der Waals surface area contributed by atoms with Crippen molar-refractivity contribution >= 4 is 0 Å². The Bertz CT molecular complexity index is 398. The number of rotatable bonds is 3. The topological polar surface area (TPSA) is 23.8 Å². The fraction of sp³-hybridized carbons (Fsp3) is 0.250. The highest BCUT2D eigenvalue weighted by Crippen LogP contribution is 2.30. The van der Waals surface area contributed by atoms with Crippen LogP contribution in [0.3, 0.4) is 0 Å². The summed E-state index contributed by atoms with van der Waals surface area (Å²) in [6, 6.07) is 6.67. The molecule has 0 saturated carbocycles. The zero-order valence-electron chi connectivity index (χ0n) is 8.46. The molecular weight excluding hydrogens is 215 g/mol. The third-order valence-corrected chi connectivity index (χ3v) is 2.20. The summed E-state index contributed by atoms with van der Waals surface area (Å²) in [5, 5.41) is 8.82. The average molecular weight is 225 g/mol. The van der Waals surface area contributed by atoms with Gasteiger partial charge in [-0.3, -0.25) is 0 Å². The molecule has 4 heteroatoms. The minimum Gasteiger partial charge on any atom is -0.198 e. The van der Waals surface area contributed by atoms with Gasteiger partial charge in [-0.2, -0.15) is 18.4 Å². The van der Waals surface area contributed by atoms with Gasteiger partial charge < -0.3 is 0 Å². The first-order chi connectivity index (χ1) is 7.49. The smallest absolute Gasteiger partial charge is 0.198 e. The van der Waals surface area contributed by atoms with Crippen LogP contribution in [0.5, 0.6) is 0 Å². The molecule has 0 saturated heterocycles. The van der Waals surface area contributed by atoms with Crippen molar-refractivity contribution in [3.05, 3.63) is 48.0 Å². The van der Waals surface area contributed by atoms with Gasteiger partial charge in [0, 0.05) is 0 Å². The lowest BCUT2D eigenvalue weighted by atomic mass is 9.96. The molecule has 1 aromatic rings. The zero-order chi connectivity index (χ0) is 12.2. The largest absolute Gasteiger partial charge is 0.416 e. The van der Waals surface area contributed by atoms with Gasteiger partial charge in [0.15, 0.2) is 0 Å². The van der Waals surface area contributed by atoms with E-state index < -0.39 is 17.7 Å². The quantitative estimate of drug-likeness (QED) is 0.716. The SMILES string of the molecule is C=CCC(C#N)c1ccc(C(F)(F)F)cc1. The van der Waals surface area contributed by atoms with Gasteiger partial charge in [0.2, 0.25) is 0 Å². The molecule has 1 rings (SSSR count). The second-order valence-electron chi connectivity index (χ2n) is 3.33. The summed E-state index contributed by atoms with van der Waals surface area (Å²) in [7, 11) is 0. The predicted molar refractivity (Wildman–Crippen MR) is 54.6 cm³/mol. The highest BCUT2D eigenvalue weighted by molar-refractivity contribution is 5.30. The monoisotopic (exact) mass is 225 g/mol. The summed E-state index contributed by atoms with van der Waals surface area (Å²) < 4.78 is 36.8. The van der Waals surface area contributed by atoms with Crippen LogP contribution >= 0.6 is 0 Å². The van der Waals surface area contributed by atoms with Gasteiger partial charge in [-0.05, 0) is 24.1 Å². The van der Waals surface area contributed by atoms with Gasteiger partial charge in [0.1, 0.15) is 0 Å². The maximum atomic E-state index is 12.3. The molecule has 0 radical (unpaired) electrons. The van der Waals surface area contributed by atoms with Gasteiger partial charge in [-0.1, -0.05) is 18.2 Å². The number of nitriles is 1. The summed E-state index contributed by atoms with van der Waals surface area (Å²) in [6.07, 6.45) is -2.33. The van der Waals surface area contributed by atoms with Crippen LogP contribution in [0.25, 0.3) is 0 Å². The van der Waals surface area contributed by atoms with Gasteiger partial charge in [0.05, 0.1) is 17.6 Å². The third-order valence-electron chi connectivity index (χ3n) is 2.20. The maximum Gasteiger partial charge on any atom is 0.416 e. The Labute approximate surface area is 91.8 Å². The van der Waals surface area contributed by atoms with E-state index in [1.165, 1.54) is 12.1 Å². The average Bonchev–Trinajstić information content (AvgIpc) is 2.25. The molecule has 0 heterocycles. The van der Waals surface area contributed by atoms with Crippen LogP contribution < -0.4 is 0 Å². The molecule has 1 nitrogen and oxygen atoms in total. The lowest BCUT2D eigenvalue weighted by Crippen LogP contribution is -2.05. The Kier molecular flexibility index (Phi) is 3.73. The molecule has 0 aromatic heterocycles. The van der Waals surface area contributed by atoms with Crippen molar-refractivity contribution in [3.8, 4) is 6.07 Å². The summed E-state index contributed by atoms with van der Waals surface area (Å²) >= 11 is 0. The Morgan fingerprint density at radius 3 is 2.25 bits per heavy atom. The van der Waals surface area contributed by atoms with Crippen LogP contribution in [0, 0.1) is 11.3 Å². The number of allylic oxidation sites excluding steroid dienone is 1. The first-order valence-electron chi connectivity index (χ1n) is 4.66. The molecule has 84 valence electrons. The van der Waals surface area contributed by atoms with Crippen molar-refractivity contribution in [1.29, 1.82) is 5.26 Å². The normalized spacial score (nSPS) is 12.9. The van der Waals surface area contributed by atoms with Crippen molar-refractivity contribution in [2.45, 2.75) is 18.5 Å². The molecule has 0 aliphatic carbocycles. The van der Waals surface area contributed by atoms with Crippen molar-refractivity contribution < 1.29 is 13.2 Å². The lowest BCUT2D eigenvalue weighted by Gasteiger charge is -2.09. The van der Waals surface area contributed by atoms with Crippen LogP contribution in [0.4, 0.5) is 13.2 Å². The highest BCUT2D eigenvalue weighted by atomic mass is 19.4. The van der Waals surface area contributed by atoms with Crippen LogP contribution in [-0.2, 0) is 6.18 Å². The van der Waals surface area contributed by atoms with Crippen LogP contribution in [0.15, 0.2) is 36.9 Å². The summed E-state index contributed by atoms with van der Waals surface area (Å²) in [4.78, 5) is 0. The standard InChI is InChI=1S/C12H10F3N/c1-2-3-10(8-16)9-4-6-11(7-5-9)12(13,14)15/h2,4-7,10H,1,3H2. The molecule has 0 spiro atoms. The van der Waals surface area contributed by atoms with Gasteiger partial charge in [0.25, 0.3) is 0 Å². The zero-order valence-corrected chi connectivity index (χ0v) is 8.46. The molecule has 0 aliphatic heterocycles. The van der Waals surface area contributed by atoms with E-state index in [1.807, 2.05) is 6.07 Å². The van der Waals surface area contributed by atoms with Crippen LogP contribution in [0.1, 0.15) is 23.5 Å². The molecule has 0 fully saturated rings. The molecule has 0 bridgehead atoms. The Hall–Kier alpha value is -1.76. The molecule has 1 aromatic carbocycles.